The van der Waals surface area contributed by atoms with E-state index < -0.39 is 0 Å². The second kappa shape index (κ2) is 5.19. The van der Waals surface area contributed by atoms with Crippen molar-refractivity contribution in [2.45, 2.75) is 45.4 Å². The summed E-state index contributed by atoms with van der Waals surface area (Å²) < 4.78 is 0.987. The summed E-state index contributed by atoms with van der Waals surface area (Å²) in [6.07, 6.45) is 3.75. The van der Waals surface area contributed by atoms with Gasteiger partial charge < -0.3 is 10.6 Å². The maximum atomic E-state index is 6.04. The zero-order valence-electron chi connectivity index (χ0n) is 11.3. The van der Waals surface area contributed by atoms with Crippen LogP contribution in [0.4, 0.5) is 11.8 Å². The number of piperidine rings is 1. The summed E-state index contributed by atoms with van der Waals surface area (Å²) in [5.41, 5.74) is 7.09. The lowest BCUT2D eigenvalue weighted by Gasteiger charge is -2.29. The van der Waals surface area contributed by atoms with E-state index in [9.17, 15) is 0 Å². The molecule has 2 rings (SSSR count). The topological polar surface area (TPSA) is 55.0 Å². The Hall–Kier alpha value is -0.590. The Morgan fingerprint density at radius 3 is 2.28 bits per heavy atom. The van der Waals surface area contributed by atoms with Crippen molar-refractivity contribution in [1.29, 1.82) is 0 Å². The minimum absolute atomic E-state index is 0.00186. The van der Waals surface area contributed by atoms with Crippen molar-refractivity contribution < 1.29 is 0 Å². The van der Waals surface area contributed by atoms with Crippen molar-refractivity contribution in [2.24, 2.45) is 0 Å². The van der Waals surface area contributed by atoms with Gasteiger partial charge in [0.2, 0.25) is 5.95 Å². The first-order chi connectivity index (χ1) is 8.39. The van der Waals surface area contributed by atoms with Gasteiger partial charge in [-0.25, -0.2) is 4.98 Å². The zero-order valence-corrected chi connectivity index (χ0v) is 13.5. The summed E-state index contributed by atoms with van der Waals surface area (Å²) >= 11 is 2.25. The molecule has 0 spiro atoms. The minimum Gasteiger partial charge on any atom is -0.383 e. The zero-order chi connectivity index (χ0) is 13.3. The van der Waals surface area contributed by atoms with Crippen molar-refractivity contribution >= 4 is 34.4 Å². The molecular formula is C13H21IN4. The van der Waals surface area contributed by atoms with E-state index in [0.29, 0.717) is 5.82 Å². The summed E-state index contributed by atoms with van der Waals surface area (Å²) in [6.45, 7) is 8.58. The Labute approximate surface area is 123 Å². The van der Waals surface area contributed by atoms with Crippen molar-refractivity contribution in [3.63, 3.8) is 0 Å². The van der Waals surface area contributed by atoms with Crippen LogP contribution in [0.3, 0.4) is 0 Å². The largest absolute Gasteiger partial charge is 0.383 e. The van der Waals surface area contributed by atoms with E-state index in [4.69, 9.17) is 10.7 Å². The molecule has 0 bridgehead atoms. The third kappa shape index (κ3) is 2.87. The molecule has 0 saturated carbocycles. The molecule has 2 N–H and O–H groups in total. The molecule has 2 heterocycles. The highest BCUT2D eigenvalue weighted by Crippen LogP contribution is 2.30. The van der Waals surface area contributed by atoms with Crippen molar-refractivity contribution in [2.75, 3.05) is 23.7 Å². The molecular weight excluding hydrogens is 339 g/mol. The van der Waals surface area contributed by atoms with Crippen LogP contribution in [0.25, 0.3) is 0 Å². The minimum atomic E-state index is -0.00186. The molecule has 0 amide bonds. The summed E-state index contributed by atoms with van der Waals surface area (Å²) in [7, 11) is 0. The second-order valence-electron chi connectivity index (χ2n) is 5.87. The molecule has 1 aromatic rings. The fourth-order valence-electron chi connectivity index (χ4n) is 2.18. The summed E-state index contributed by atoms with van der Waals surface area (Å²) in [6, 6.07) is 0. The summed E-state index contributed by atoms with van der Waals surface area (Å²) in [5.74, 6) is 1.41. The molecule has 1 aliphatic rings. The molecule has 1 aromatic heterocycles. The first kappa shape index (κ1) is 13.8. The maximum Gasteiger partial charge on any atom is 0.227 e. The smallest absolute Gasteiger partial charge is 0.227 e. The Kier molecular flexibility index (Phi) is 3.99. The van der Waals surface area contributed by atoms with Crippen LogP contribution in [-0.2, 0) is 5.41 Å². The molecule has 0 unspecified atom stereocenters. The molecule has 1 saturated heterocycles. The molecule has 18 heavy (non-hydrogen) atoms. The van der Waals surface area contributed by atoms with E-state index in [1.165, 1.54) is 19.3 Å². The summed E-state index contributed by atoms with van der Waals surface area (Å²) in [4.78, 5) is 11.5. The highest BCUT2D eigenvalue weighted by Gasteiger charge is 2.24. The van der Waals surface area contributed by atoms with Gasteiger partial charge in [-0.2, -0.15) is 4.98 Å². The Morgan fingerprint density at radius 1 is 1.11 bits per heavy atom. The molecule has 4 nitrogen and oxygen atoms in total. The Balaban J connectivity index is 2.40. The molecule has 5 heteroatoms. The average molecular weight is 360 g/mol. The van der Waals surface area contributed by atoms with Crippen LogP contribution >= 0.6 is 22.6 Å². The molecule has 1 aliphatic heterocycles. The van der Waals surface area contributed by atoms with Crippen molar-refractivity contribution in [1.82, 2.24) is 9.97 Å². The van der Waals surface area contributed by atoms with E-state index in [1.807, 2.05) is 0 Å². The molecule has 0 aliphatic carbocycles. The number of aromatic nitrogens is 2. The van der Waals surface area contributed by atoms with Gasteiger partial charge >= 0.3 is 0 Å². The SMILES string of the molecule is CC(C)(C)c1nc(N2CCCCC2)nc(N)c1I. The second-order valence-corrected chi connectivity index (χ2v) is 6.95. The average Bonchev–Trinajstić information content (AvgIpc) is 2.32. The van der Waals surface area contributed by atoms with Crippen LogP contribution in [0.1, 0.15) is 45.7 Å². The Bertz CT molecular complexity index is 433. The van der Waals surface area contributed by atoms with E-state index in [0.717, 1.165) is 28.3 Å². The predicted molar refractivity (Wildman–Crippen MR) is 83.9 cm³/mol. The lowest BCUT2D eigenvalue weighted by atomic mass is 9.92. The lowest BCUT2D eigenvalue weighted by Crippen LogP contribution is -2.32. The third-order valence-corrected chi connectivity index (χ3v) is 4.28. The first-order valence-electron chi connectivity index (χ1n) is 6.48. The van der Waals surface area contributed by atoms with Crippen LogP contribution in [0.5, 0.6) is 0 Å². The van der Waals surface area contributed by atoms with Gasteiger partial charge in [0.1, 0.15) is 5.82 Å². The van der Waals surface area contributed by atoms with E-state index in [1.54, 1.807) is 0 Å². The molecule has 100 valence electrons. The number of nitrogens with zero attached hydrogens (tertiary/aromatic N) is 3. The first-order valence-corrected chi connectivity index (χ1v) is 7.56. The molecule has 0 radical (unpaired) electrons. The van der Waals surface area contributed by atoms with Gasteiger partial charge in [0.05, 0.1) is 9.26 Å². The fourth-order valence-corrected chi connectivity index (χ4v) is 3.23. The van der Waals surface area contributed by atoms with Gasteiger partial charge in [0.15, 0.2) is 0 Å². The van der Waals surface area contributed by atoms with Gasteiger partial charge in [-0.05, 0) is 41.9 Å². The quantitative estimate of drug-likeness (QED) is 0.783. The summed E-state index contributed by atoms with van der Waals surface area (Å²) in [5, 5.41) is 0. The van der Waals surface area contributed by atoms with Crippen LogP contribution in [0, 0.1) is 3.57 Å². The van der Waals surface area contributed by atoms with Crippen LogP contribution in [0.15, 0.2) is 0 Å². The number of halogens is 1. The van der Waals surface area contributed by atoms with Gasteiger partial charge in [-0.15, -0.1) is 0 Å². The van der Waals surface area contributed by atoms with Crippen LogP contribution in [-0.4, -0.2) is 23.1 Å². The van der Waals surface area contributed by atoms with Gasteiger partial charge in [-0.1, -0.05) is 20.8 Å². The number of nitrogens with two attached hydrogens (primary N) is 1. The number of anilines is 2. The van der Waals surface area contributed by atoms with E-state index >= 15 is 0 Å². The normalized spacial score (nSPS) is 17.0. The standard InChI is InChI=1S/C13H21IN4/c1-13(2,3)10-9(14)11(15)17-12(16-10)18-7-5-4-6-8-18/h4-8H2,1-3H3,(H2,15,16,17). The predicted octanol–water partition coefficient (Wildman–Crippen LogP) is 2.95. The number of hydrogen-bond donors (Lipinski definition) is 1. The molecule has 0 aromatic carbocycles. The number of rotatable bonds is 1. The molecule has 1 fully saturated rings. The van der Waals surface area contributed by atoms with Crippen LogP contribution < -0.4 is 10.6 Å². The number of hydrogen-bond acceptors (Lipinski definition) is 4. The van der Waals surface area contributed by atoms with Gasteiger partial charge in [0, 0.05) is 18.5 Å². The van der Waals surface area contributed by atoms with Crippen molar-refractivity contribution in [3.05, 3.63) is 9.26 Å². The van der Waals surface area contributed by atoms with Gasteiger partial charge in [0.25, 0.3) is 0 Å². The lowest BCUT2D eigenvalue weighted by molar-refractivity contribution is 0.545. The monoisotopic (exact) mass is 360 g/mol. The van der Waals surface area contributed by atoms with Crippen molar-refractivity contribution in [3.8, 4) is 0 Å². The third-order valence-electron chi connectivity index (χ3n) is 3.21. The van der Waals surface area contributed by atoms with E-state index in [-0.39, 0.29) is 5.41 Å². The molecule has 0 atom stereocenters. The fraction of sp³-hybridized carbons (Fsp3) is 0.692. The Morgan fingerprint density at radius 2 is 1.72 bits per heavy atom. The van der Waals surface area contributed by atoms with Crippen LogP contribution in [0.2, 0.25) is 0 Å². The maximum absolute atomic E-state index is 6.04. The number of nitrogen functional groups attached to an aromatic ring is 1. The van der Waals surface area contributed by atoms with Gasteiger partial charge in [-0.3, -0.25) is 0 Å². The van der Waals surface area contributed by atoms with E-state index in [2.05, 4.69) is 53.2 Å². The highest BCUT2D eigenvalue weighted by molar-refractivity contribution is 14.1. The highest BCUT2D eigenvalue weighted by atomic mass is 127.